The molecule has 29 heavy (non-hydrogen) atoms. The molecule has 1 saturated heterocycles. The SMILES string of the molecule is CCCOc1ccc(S(=O)(=O)N2CCOCC2)cc1C1=NC(=O)C2=NC=NC2=N1. The minimum absolute atomic E-state index is 0.0492. The summed E-state index contributed by atoms with van der Waals surface area (Å²) in [6, 6.07) is 4.48. The van der Waals surface area contributed by atoms with Gasteiger partial charge in [0.05, 0.1) is 30.3 Å². The molecular formula is C18H19N5O5S. The molecule has 3 heterocycles. The molecule has 1 fully saturated rings. The molecule has 0 saturated carbocycles. The van der Waals surface area contributed by atoms with Gasteiger partial charge in [-0.1, -0.05) is 6.92 Å². The highest BCUT2D eigenvalue weighted by molar-refractivity contribution is 7.89. The fourth-order valence-corrected chi connectivity index (χ4v) is 4.44. The molecule has 0 aliphatic carbocycles. The maximum atomic E-state index is 13.0. The Morgan fingerprint density at radius 1 is 1.17 bits per heavy atom. The minimum atomic E-state index is -3.74. The van der Waals surface area contributed by atoms with Crippen molar-refractivity contribution >= 4 is 39.7 Å². The smallest absolute Gasteiger partial charge is 0.301 e. The van der Waals surface area contributed by atoms with Crippen LogP contribution in [0.4, 0.5) is 0 Å². The molecule has 0 radical (unpaired) electrons. The first-order chi connectivity index (χ1) is 14.0. The fourth-order valence-electron chi connectivity index (χ4n) is 3.01. The van der Waals surface area contributed by atoms with Crippen molar-refractivity contribution < 1.29 is 22.7 Å². The fraction of sp³-hybridized carbons (Fsp3) is 0.389. The van der Waals surface area contributed by atoms with Gasteiger partial charge in [-0.05, 0) is 24.6 Å². The van der Waals surface area contributed by atoms with Gasteiger partial charge in [0.25, 0.3) is 0 Å². The predicted octanol–water partition coefficient (Wildman–Crippen LogP) is 0.665. The van der Waals surface area contributed by atoms with Crippen LogP contribution in [0.5, 0.6) is 5.75 Å². The average molecular weight is 417 g/mol. The van der Waals surface area contributed by atoms with Crippen molar-refractivity contribution in [3.63, 3.8) is 0 Å². The summed E-state index contributed by atoms with van der Waals surface area (Å²) >= 11 is 0. The van der Waals surface area contributed by atoms with Crippen LogP contribution in [0, 0.1) is 0 Å². The second-order valence-corrected chi connectivity index (χ2v) is 8.36. The van der Waals surface area contributed by atoms with Crippen molar-refractivity contribution in [2.24, 2.45) is 20.0 Å². The van der Waals surface area contributed by atoms with E-state index in [2.05, 4.69) is 20.0 Å². The third-order valence-corrected chi connectivity index (χ3v) is 6.36. The Hall–Kier alpha value is -2.76. The first-order valence-corrected chi connectivity index (χ1v) is 10.6. The average Bonchev–Trinajstić information content (AvgIpc) is 3.22. The lowest BCUT2D eigenvalue weighted by Crippen LogP contribution is -2.40. The summed E-state index contributed by atoms with van der Waals surface area (Å²) in [4.78, 5) is 28.4. The molecule has 1 amide bonds. The summed E-state index contributed by atoms with van der Waals surface area (Å²) in [6.45, 7) is 3.63. The largest absolute Gasteiger partial charge is 0.493 e. The molecule has 3 aliphatic rings. The van der Waals surface area contributed by atoms with Gasteiger partial charge in [0, 0.05) is 13.1 Å². The summed E-state index contributed by atoms with van der Waals surface area (Å²) in [5.74, 6) is 0.0208. The lowest BCUT2D eigenvalue weighted by atomic mass is 10.1. The van der Waals surface area contributed by atoms with Crippen LogP contribution < -0.4 is 4.74 Å². The second-order valence-electron chi connectivity index (χ2n) is 6.42. The summed E-state index contributed by atoms with van der Waals surface area (Å²) in [5.41, 5.74) is 0.386. The van der Waals surface area contributed by atoms with Crippen molar-refractivity contribution in [3.05, 3.63) is 23.8 Å². The Balaban J connectivity index is 1.77. The van der Waals surface area contributed by atoms with E-state index in [1.165, 1.54) is 22.8 Å². The second kappa shape index (κ2) is 7.93. The number of benzene rings is 1. The number of carbonyl (C=O) groups excluding carboxylic acids is 1. The molecule has 1 aromatic rings. The quantitative estimate of drug-likeness (QED) is 0.673. The van der Waals surface area contributed by atoms with Crippen molar-refractivity contribution in [3.8, 4) is 5.75 Å². The highest BCUT2D eigenvalue weighted by Gasteiger charge is 2.30. The summed E-state index contributed by atoms with van der Waals surface area (Å²) in [6.07, 6.45) is 1.99. The number of fused-ring (bicyclic) bond motifs is 1. The van der Waals surface area contributed by atoms with E-state index in [0.29, 0.717) is 31.1 Å². The zero-order valence-electron chi connectivity index (χ0n) is 15.7. The predicted molar refractivity (Wildman–Crippen MR) is 107 cm³/mol. The van der Waals surface area contributed by atoms with E-state index >= 15 is 0 Å². The lowest BCUT2D eigenvalue weighted by Gasteiger charge is -2.26. The van der Waals surface area contributed by atoms with Crippen molar-refractivity contribution in [2.45, 2.75) is 18.2 Å². The first-order valence-electron chi connectivity index (χ1n) is 9.18. The molecule has 3 aliphatic heterocycles. The molecule has 0 aromatic heterocycles. The molecule has 0 spiro atoms. The minimum Gasteiger partial charge on any atom is -0.493 e. The Morgan fingerprint density at radius 2 is 1.97 bits per heavy atom. The molecule has 10 nitrogen and oxygen atoms in total. The van der Waals surface area contributed by atoms with Crippen LogP contribution in [0.25, 0.3) is 0 Å². The van der Waals surface area contributed by atoms with Gasteiger partial charge in [-0.3, -0.25) is 4.79 Å². The van der Waals surface area contributed by atoms with Gasteiger partial charge < -0.3 is 9.47 Å². The van der Waals surface area contributed by atoms with Gasteiger partial charge in [0.2, 0.25) is 10.0 Å². The molecular weight excluding hydrogens is 398 g/mol. The lowest BCUT2D eigenvalue weighted by molar-refractivity contribution is -0.111. The maximum Gasteiger partial charge on any atom is 0.301 e. The number of carbonyl (C=O) groups is 1. The van der Waals surface area contributed by atoms with Crippen molar-refractivity contribution in [1.29, 1.82) is 0 Å². The summed E-state index contributed by atoms with van der Waals surface area (Å²) < 4.78 is 38.4. The van der Waals surface area contributed by atoms with Crippen LogP contribution >= 0.6 is 0 Å². The summed E-state index contributed by atoms with van der Waals surface area (Å²) in [7, 11) is -3.74. The first kappa shape index (κ1) is 19.6. The van der Waals surface area contributed by atoms with Crippen LogP contribution in [0.1, 0.15) is 18.9 Å². The number of hydrogen-bond donors (Lipinski definition) is 0. The van der Waals surface area contributed by atoms with E-state index in [0.717, 1.165) is 6.42 Å². The summed E-state index contributed by atoms with van der Waals surface area (Å²) in [5, 5.41) is 0. The molecule has 1 aromatic carbocycles. The van der Waals surface area contributed by atoms with E-state index in [4.69, 9.17) is 9.47 Å². The molecule has 152 valence electrons. The monoisotopic (exact) mass is 417 g/mol. The highest BCUT2D eigenvalue weighted by Crippen LogP contribution is 2.27. The van der Waals surface area contributed by atoms with E-state index < -0.39 is 15.9 Å². The van der Waals surface area contributed by atoms with E-state index in [-0.39, 0.29) is 35.4 Å². The van der Waals surface area contributed by atoms with E-state index in [9.17, 15) is 13.2 Å². The van der Waals surface area contributed by atoms with Crippen LogP contribution in [0.15, 0.2) is 43.1 Å². The topological polar surface area (TPSA) is 122 Å². The van der Waals surface area contributed by atoms with E-state index in [1.807, 2.05) is 6.92 Å². The maximum absolute atomic E-state index is 13.0. The molecule has 11 heteroatoms. The number of nitrogens with zero attached hydrogens (tertiary/aromatic N) is 5. The number of amidine groups is 2. The van der Waals surface area contributed by atoms with Gasteiger partial charge in [-0.15, -0.1) is 0 Å². The zero-order chi connectivity index (χ0) is 20.4. The zero-order valence-corrected chi connectivity index (χ0v) is 16.6. The Labute approximate surface area is 167 Å². The number of hydrogen-bond acceptors (Lipinski definition) is 8. The van der Waals surface area contributed by atoms with Gasteiger partial charge in [0.1, 0.15) is 12.1 Å². The third kappa shape index (κ3) is 3.76. The van der Waals surface area contributed by atoms with Gasteiger partial charge in [-0.2, -0.15) is 9.30 Å². The number of ether oxygens (including phenoxy) is 2. The third-order valence-electron chi connectivity index (χ3n) is 4.46. The number of amides is 1. The Kier molecular flexibility index (Phi) is 5.35. The van der Waals surface area contributed by atoms with E-state index in [1.54, 1.807) is 6.07 Å². The van der Waals surface area contributed by atoms with Gasteiger partial charge >= 0.3 is 5.91 Å². The number of rotatable bonds is 6. The Morgan fingerprint density at radius 3 is 2.72 bits per heavy atom. The van der Waals surface area contributed by atoms with Crippen molar-refractivity contribution in [1.82, 2.24) is 4.31 Å². The number of aliphatic imine (C=N–C) groups is 4. The molecule has 0 unspecified atom stereocenters. The van der Waals surface area contributed by atoms with Gasteiger partial charge in [-0.25, -0.2) is 23.4 Å². The normalized spacial score (nSPS) is 19.5. The van der Waals surface area contributed by atoms with Crippen LogP contribution in [-0.4, -0.2) is 75.3 Å². The molecule has 0 N–H and O–H groups in total. The molecule has 0 atom stereocenters. The van der Waals surface area contributed by atoms with Crippen LogP contribution in [0.3, 0.4) is 0 Å². The Bertz CT molecular complexity index is 1070. The van der Waals surface area contributed by atoms with Crippen LogP contribution in [-0.2, 0) is 19.6 Å². The molecule has 4 rings (SSSR count). The highest BCUT2D eigenvalue weighted by atomic mass is 32.2. The number of sulfonamides is 1. The van der Waals surface area contributed by atoms with Gasteiger partial charge in [0.15, 0.2) is 17.4 Å². The molecule has 0 bridgehead atoms. The van der Waals surface area contributed by atoms with Crippen molar-refractivity contribution in [2.75, 3.05) is 32.9 Å². The van der Waals surface area contributed by atoms with Crippen LogP contribution in [0.2, 0.25) is 0 Å². The number of morpholine rings is 1. The standard InChI is InChI=1S/C18H19N5O5S/c1-2-7-28-14-4-3-12(29(25,26)23-5-8-27-9-6-23)10-13(14)16-21-17-15(18(24)22-16)19-11-20-17/h3-4,10-11H,2,5-9H2,1H3.